The van der Waals surface area contributed by atoms with E-state index >= 15 is 0 Å². The van der Waals surface area contributed by atoms with E-state index in [9.17, 15) is 0 Å². The van der Waals surface area contributed by atoms with Crippen molar-refractivity contribution in [3.05, 3.63) is 288 Å². The largest absolute Gasteiger partial charge is 0.310 e. The van der Waals surface area contributed by atoms with Gasteiger partial charge in [-0.05, 0) is 150 Å². The van der Waals surface area contributed by atoms with Gasteiger partial charge in [0.05, 0.1) is 16.4 Å². The fraction of sp³-hybridized carbons (Fsp3) is 0.0588. The van der Waals surface area contributed by atoms with Gasteiger partial charge in [-0.3, -0.25) is 0 Å². The second-order valence-electron chi connectivity index (χ2n) is 19.7. The van der Waals surface area contributed by atoms with Crippen LogP contribution in [0.4, 0.5) is 17.1 Å². The summed E-state index contributed by atoms with van der Waals surface area (Å²) in [7, 11) is 0. The normalized spacial score (nSPS) is 13.8. The zero-order valence-electron chi connectivity index (χ0n) is 39.1. The van der Waals surface area contributed by atoms with E-state index in [1.807, 2.05) is 0 Å². The first-order chi connectivity index (χ1) is 34.5. The lowest BCUT2D eigenvalue weighted by atomic mass is 9.67. The van der Waals surface area contributed by atoms with Crippen LogP contribution >= 0.6 is 0 Å². The maximum Gasteiger partial charge on any atom is 0.0714 e. The van der Waals surface area contributed by atoms with Crippen LogP contribution in [0, 0.1) is 0 Å². The smallest absolute Gasteiger partial charge is 0.0714 e. The summed E-state index contributed by atoms with van der Waals surface area (Å²) in [6.45, 7) is 4.79. The Kier molecular flexibility index (Phi) is 8.88. The Morgan fingerprint density at radius 3 is 1.66 bits per heavy atom. The molecule has 0 unspecified atom stereocenters. The monoisotopic (exact) mass is 892 g/mol. The van der Waals surface area contributed by atoms with Gasteiger partial charge in [-0.25, -0.2) is 0 Å². The molecule has 1 heterocycles. The highest BCUT2D eigenvalue weighted by Crippen LogP contribution is 2.57. The Balaban J connectivity index is 0.874. The maximum absolute atomic E-state index is 2.48. The second-order valence-corrected chi connectivity index (χ2v) is 19.7. The summed E-state index contributed by atoms with van der Waals surface area (Å²) in [5, 5.41) is 4.96. The van der Waals surface area contributed by atoms with Crippen molar-refractivity contribution in [2.75, 3.05) is 4.90 Å². The number of hydrogen-bond donors (Lipinski definition) is 0. The SMILES string of the molecule is CC1(C)c2cc(-c3ccc4c(c3)c3ccccc3n4-c3ccc4c(c3)C(c3ccccc3)(c3ccccc3)c3ccccc3-4)ccc2-c2ccc(N(c3ccccc3)c3ccc4ccccc4c3)cc21. The molecule has 0 saturated heterocycles. The lowest BCUT2D eigenvalue weighted by molar-refractivity contribution is 0.660. The molecule has 2 aliphatic carbocycles. The van der Waals surface area contributed by atoms with E-state index in [1.54, 1.807) is 0 Å². The number of rotatable bonds is 7. The molecule has 2 heteroatoms. The Morgan fingerprint density at radius 1 is 0.329 bits per heavy atom. The predicted molar refractivity (Wildman–Crippen MR) is 293 cm³/mol. The van der Waals surface area contributed by atoms with Crippen molar-refractivity contribution in [3.63, 3.8) is 0 Å². The zero-order chi connectivity index (χ0) is 46.6. The number of anilines is 3. The standard InChI is InChI=1S/C68H48N2/c1-67(2)62-42-48(31-36-56(62)57-37-34-53(43-63(57)67)69(51-24-10-5-11-25-51)52-33-30-45-18-12-13-19-46(45)40-52)47-32-39-66-60(41-47)59-27-15-17-29-65(59)70(66)54-35-38-58-55-26-14-16-28-61(55)68(64(58)44-54,49-20-6-3-7-21-49)50-22-8-4-9-23-50/h3-44H,1-2H3. The molecular formula is C68H48N2. The molecule has 11 aromatic carbocycles. The molecule has 0 saturated carbocycles. The summed E-state index contributed by atoms with van der Waals surface area (Å²) in [6.07, 6.45) is 0. The van der Waals surface area contributed by atoms with Gasteiger partial charge in [0.25, 0.3) is 0 Å². The number of fused-ring (bicyclic) bond motifs is 10. The molecular weight excluding hydrogens is 845 g/mol. The van der Waals surface area contributed by atoms with Crippen LogP contribution in [-0.4, -0.2) is 4.57 Å². The summed E-state index contributed by atoms with van der Waals surface area (Å²) in [5.41, 5.74) is 21.8. The molecule has 2 aliphatic rings. The van der Waals surface area contributed by atoms with Crippen LogP contribution in [0.15, 0.2) is 255 Å². The maximum atomic E-state index is 2.48. The topological polar surface area (TPSA) is 8.17 Å². The molecule has 70 heavy (non-hydrogen) atoms. The lowest BCUT2D eigenvalue weighted by Gasteiger charge is -2.34. The third-order valence-corrected chi connectivity index (χ3v) is 15.6. The van der Waals surface area contributed by atoms with Crippen LogP contribution in [0.5, 0.6) is 0 Å². The highest BCUT2D eigenvalue weighted by Gasteiger charge is 2.46. The third-order valence-electron chi connectivity index (χ3n) is 15.6. The quantitative estimate of drug-likeness (QED) is 0.155. The molecule has 0 bridgehead atoms. The van der Waals surface area contributed by atoms with E-state index in [-0.39, 0.29) is 5.41 Å². The van der Waals surface area contributed by atoms with Gasteiger partial charge in [-0.1, -0.05) is 196 Å². The van der Waals surface area contributed by atoms with E-state index in [1.165, 1.54) is 99.3 Å². The number of nitrogens with zero attached hydrogens (tertiary/aromatic N) is 2. The highest BCUT2D eigenvalue weighted by atomic mass is 15.1. The summed E-state index contributed by atoms with van der Waals surface area (Å²) < 4.78 is 2.48. The van der Waals surface area contributed by atoms with Crippen molar-refractivity contribution < 1.29 is 0 Å². The van der Waals surface area contributed by atoms with E-state index in [0.717, 1.165) is 22.7 Å². The van der Waals surface area contributed by atoms with Crippen LogP contribution in [-0.2, 0) is 10.8 Å². The molecule has 2 nitrogen and oxygen atoms in total. The molecule has 0 radical (unpaired) electrons. The van der Waals surface area contributed by atoms with Crippen LogP contribution in [0.25, 0.3) is 71.6 Å². The van der Waals surface area contributed by atoms with E-state index in [2.05, 4.69) is 278 Å². The van der Waals surface area contributed by atoms with Gasteiger partial charge in [0.15, 0.2) is 0 Å². The van der Waals surface area contributed by atoms with E-state index in [0.29, 0.717) is 0 Å². The van der Waals surface area contributed by atoms with Crippen LogP contribution in [0.2, 0.25) is 0 Å². The molecule has 0 spiro atoms. The average Bonchev–Trinajstić information content (AvgIpc) is 3.99. The number of para-hydroxylation sites is 2. The lowest BCUT2D eigenvalue weighted by Crippen LogP contribution is -2.28. The van der Waals surface area contributed by atoms with Crippen LogP contribution in [0.3, 0.4) is 0 Å². The summed E-state index contributed by atoms with van der Waals surface area (Å²) in [4.78, 5) is 2.40. The van der Waals surface area contributed by atoms with Crippen molar-refractivity contribution in [1.29, 1.82) is 0 Å². The Hall–Kier alpha value is -8.72. The fourth-order valence-electron chi connectivity index (χ4n) is 12.4. The van der Waals surface area contributed by atoms with Crippen molar-refractivity contribution in [2.45, 2.75) is 24.7 Å². The molecule has 0 amide bonds. The number of hydrogen-bond acceptors (Lipinski definition) is 1. The van der Waals surface area contributed by atoms with Crippen molar-refractivity contribution >= 4 is 49.6 Å². The molecule has 1 aromatic heterocycles. The average molecular weight is 893 g/mol. The number of benzene rings is 11. The third kappa shape index (κ3) is 5.87. The molecule has 14 rings (SSSR count). The molecule has 330 valence electrons. The van der Waals surface area contributed by atoms with Gasteiger partial charge in [-0.15, -0.1) is 0 Å². The molecule has 0 aliphatic heterocycles. The molecule has 0 atom stereocenters. The van der Waals surface area contributed by atoms with E-state index in [4.69, 9.17) is 0 Å². The zero-order valence-corrected chi connectivity index (χ0v) is 39.1. The van der Waals surface area contributed by atoms with Gasteiger partial charge < -0.3 is 9.47 Å². The molecule has 12 aromatic rings. The van der Waals surface area contributed by atoms with Gasteiger partial charge in [0.2, 0.25) is 0 Å². The van der Waals surface area contributed by atoms with Crippen molar-refractivity contribution in [1.82, 2.24) is 4.57 Å². The van der Waals surface area contributed by atoms with Gasteiger partial charge in [0, 0.05) is 38.9 Å². The highest BCUT2D eigenvalue weighted by molar-refractivity contribution is 6.10. The summed E-state index contributed by atoms with van der Waals surface area (Å²) >= 11 is 0. The Labute approximate surface area is 409 Å². The first-order valence-electron chi connectivity index (χ1n) is 24.5. The Bertz CT molecular complexity index is 3990. The molecule has 0 N–H and O–H groups in total. The minimum Gasteiger partial charge on any atom is -0.310 e. The first kappa shape index (κ1) is 40.4. The Morgan fingerprint density at radius 2 is 0.871 bits per heavy atom. The van der Waals surface area contributed by atoms with Gasteiger partial charge in [-0.2, -0.15) is 0 Å². The van der Waals surface area contributed by atoms with Crippen LogP contribution < -0.4 is 4.90 Å². The van der Waals surface area contributed by atoms with Crippen LogP contribution in [0.1, 0.15) is 47.2 Å². The fourth-order valence-corrected chi connectivity index (χ4v) is 12.4. The minimum atomic E-state index is -0.475. The van der Waals surface area contributed by atoms with Crippen molar-refractivity contribution in [3.8, 4) is 39.1 Å². The summed E-state index contributed by atoms with van der Waals surface area (Å²) in [5.74, 6) is 0. The minimum absolute atomic E-state index is 0.218. The van der Waals surface area contributed by atoms with Gasteiger partial charge >= 0.3 is 0 Å². The second kappa shape index (κ2) is 15.4. The summed E-state index contributed by atoms with van der Waals surface area (Å²) in [6, 6.07) is 94.7. The first-order valence-corrected chi connectivity index (χ1v) is 24.5. The van der Waals surface area contributed by atoms with E-state index < -0.39 is 5.41 Å². The predicted octanol–water partition coefficient (Wildman–Crippen LogP) is 17.7. The van der Waals surface area contributed by atoms with Crippen molar-refractivity contribution in [2.24, 2.45) is 0 Å². The van der Waals surface area contributed by atoms with Gasteiger partial charge in [0.1, 0.15) is 0 Å². The number of aromatic nitrogens is 1. The molecule has 0 fully saturated rings.